The quantitative estimate of drug-likeness (QED) is 0.765. The summed E-state index contributed by atoms with van der Waals surface area (Å²) in [6.45, 7) is 2.05. The van der Waals surface area contributed by atoms with Crippen molar-refractivity contribution < 1.29 is 5.11 Å². The van der Waals surface area contributed by atoms with Gasteiger partial charge in [-0.25, -0.2) is 0 Å². The SMILES string of the molecule is CCC[C@@H](O)c1cccc(Cl)c1. The van der Waals surface area contributed by atoms with Crippen molar-refractivity contribution in [2.24, 2.45) is 0 Å². The third-order valence-corrected chi connectivity index (χ3v) is 2.03. The predicted molar refractivity (Wildman–Crippen MR) is 51.3 cm³/mol. The van der Waals surface area contributed by atoms with E-state index in [2.05, 4.69) is 0 Å². The lowest BCUT2D eigenvalue weighted by molar-refractivity contribution is 0.166. The van der Waals surface area contributed by atoms with Crippen molar-refractivity contribution in [3.63, 3.8) is 0 Å². The van der Waals surface area contributed by atoms with Gasteiger partial charge in [-0.2, -0.15) is 0 Å². The number of aliphatic hydroxyl groups excluding tert-OH is 1. The fourth-order valence-corrected chi connectivity index (χ4v) is 1.35. The summed E-state index contributed by atoms with van der Waals surface area (Å²) in [6.07, 6.45) is 1.40. The van der Waals surface area contributed by atoms with Gasteiger partial charge in [0.1, 0.15) is 0 Å². The number of halogens is 1. The normalized spacial score (nSPS) is 12.9. The fraction of sp³-hybridized carbons (Fsp3) is 0.400. The molecule has 0 aliphatic carbocycles. The highest BCUT2D eigenvalue weighted by molar-refractivity contribution is 6.30. The van der Waals surface area contributed by atoms with E-state index in [9.17, 15) is 5.11 Å². The van der Waals surface area contributed by atoms with Crippen LogP contribution in [0.3, 0.4) is 0 Å². The van der Waals surface area contributed by atoms with E-state index >= 15 is 0 Å². The van der Waals surface area contributed by atoms with Crippen molar-refractivity contribution >= 4 is 11.6 Å². The molecule has 0 radical (unpaired) electrons. The predicted octanol–water partition coefficient (Wildman–Crippen LogP) is 3.17. The summed E-state index contributed by atoms with van der Waals surface area (Å²) in [5, 5.41) is 10.3. The van der Waals surface area contributed by atoms with Crippen LogP contribution in [0.25, 0.3) is 0 Å². The van der Waals surface area contributed by atoms with Crippen molar-refractivity contribution in [1.29, 1.82) is 0 Å². The topological polar surface area (TPSA) is 20.2 Å². The highest BCUT2D eigenvalue weighted by Crippen LogP contribution is 2.20. The Morgan fingerprint density at radius 1 is 1.50 bits per heavy atom. The first-order valence-corrected chi connectivity index (χ1v) is 4.55. The van der Waals surface area contributed by atoms with E-state index in [4.69, 9.17) is 11.6 Å². The van der Waals surface area contributed by atoms with Crippen LogP contribution in [-0.4, -0.2) is 5.11 Å². The summed E-state index contributed by atoms with van der Waals surface area (Å²) in [7, 11) is 0. The van der Waals surface area contributed by atoms with Crippen molar-refractivity contribution in [1.82, 2.24) is 0 Å². The molecule has 1 atom stereocenters. The standard InChI is InChI=1S/C10H13ClO/c1-2-4-10(12)8-5-3-6-9(11)7-8/h3,5-7,10,12H,2,4H2,1H3/t10-/m1/s1. The zero-order valence-corrected chi connectivity index (χ0v) is 7.88. The van der Waals surface area contributed by atoms with Crippen LogP contribution in [0.4, 0.5) is 0 Å². The summed E-state index contributed by atoms with van der Waals surface area (Å²) >= 11 is 5.78. The summed E-state index contributed by atoms with van der Waals surface area (Å²) in [4.78, 5) is 0. The zero-order chi connectivity index (χ0) is 8.97. The molecule has 1 N–H and O–H groups in total. The fourth-order valence-electron chi connectivity index (χ4n) is 1.15. The molecular weight excluding hydrogens is 172 g/mol. The van der Waals surface area contributed by atoms with Crippen LogP contribution in [0, 0.1) is 0 Å². The minimum Gasteiger partial charge on any atom is -0.388 e. The molecule has 0 saturated carbocycles. The molecule has 0 amide bonds. The molecule has 0 aromatic heterocycles. The molecule has 0 unspecified atom stereocenters. The molecular formula is C10H13ClO. The smallest absolute Gasteiger partial charge is 0.0790 e. The van der Waals surface area contributed by atoms with Gasteiger partial charge in [0, 0.05) is 5.02 Å². The van der Waals surface area contributed by atoms with E-state index in [1.54, 1.807) is 0 Å². The monoisotopic (exact) mass is 184 g/mol. The average molecular weight is 185 g/mol. The van der Waals surface area contributed by atoms with Crippen molar-refractivity contribution in [2.75, 3.05) is 0 Å². The van der Waals surface area contributed by atoms with Gasteiger partial charge >= 0.3 is 0 Å². The molecule has 0 aliphatic rings. The Labute approximate surface area is 78.0 Å². The molecule has 1 nitrogen and oxygen atoms in total. The van der Waals surface area contributed by atoms with E-state index in [0.29, 0.717) is 5.02 Å². The van der Waals surface area contributed by atoms with Gasteiger partial charge in [-0.3, -0.25) is 0 Å². The maximum absolute atomic E-state index is 9.59. The molecule has 0 bridgehead atoms. The van der Waals surface area contributed by atoms with E-state index < -0.39 is 0 Å². The molecule has 0 spiro atoms. The minimum atomic E-state index is -0.367. The molecule has 66 valence electrons. The first-order valence-electron chi connectivity index (χ1n) is 4.17. The Bertz CT molecular complexity index is 247. The number of hydrogen-bond acceptors (Lipinski definition) is 1. The Morgan fingerprint density at radius 3 is 2.83 bits per heavy atom. The van der Waals surface area contributed by atoms with Crippen LogP contribution >= 0.6 is 11.6 Å². The molecule has 0 saturated heterocycles. The third kappa shape index (κ3) is 2.50. The van der Waals surface area contributed by atoms with Crippen LogP contribution in [0.2, 0.25) is 5.02 Å². The summed E-state index contributed by atoms with van der Waals surface area (Å²) in [5.74, 6) is 0. The van der Waals surface area contributed by atoms with Gasteiger partial charge in [0.05, 0.1) is 6.10 Å². The van der Waals surface area contributed by atoms with E-state index in [1.807, 2.05) is 31.2 Å². The first kappa shape index (κ1) is 9.56. The molecule has 1 aromatic rings. The Balaban J connectivity index is 2.73. The van der Waals surface area contributed by atoms with Gasteiger partial charge in [-0.1, -0.05) is 37.1 Å². The molecule has 1 rings (SSSR count). The van der Waals surface area contributed by atoms with Gasteiger partial charge < -0.3 is 5.11 Å². The van der Waals surface area contributed by atoms with Gasteiger partial charge in [0.25, 0.3) is 0 Å². The number of rotatable bonds is 3. The van der Waals surface area contributed by atoms with Gasteiger partial charge in [-0.05, 0) is 24.1 Å². The van der Waals surface area contributed by atoms with Crippen LogP contribution in [0.5, 0.6) is 0 Å². The Kier molecular flexibility index (Phi) is 3.57. The molecule has 0 aliphatic heterocycles. The molecule has 12 heavy (non-hydrogen) atoms. The van der Waals surface area contributed by atoms with Crippen molar-refractivity contribution in [3.8, 4) is 0 Å². The molecule has 0 fully saturated rings. The summed E-state index contributed by atoms with van der Waals surface area (Å²) in [5.41, 5.74) is 0.907. The van der Waals surface area contributed by atoms with Gasteiger partial charge in [-0.15, -0.1) is 0 Å². The van der Waals surface area contributed by atoms with Crippen LogP contribution < -0.4 is 0 Å². The summed E-state index contributed by atoms with van der Waals surface area (Å²) in [6, 6.07) is 7.37. The molecule has 1 aromatic carbocycles. The Hall–Kier alpha value is -0.530. The summed E-state index contributed by atoms with van der Waals surface area (Å²) < 4.78 is 0. The largest absolute Gasteiger partial charge is 0.388 e. The zero-order valence-electron chi connectivity index (χ0n) is 7.13. The minimum absolute atomic E-state index is 0.367. The average Bonchev–Trinajstić information content (AvgIpc) is 2.05. The lowest BCUT2D eigenvalue weighted by Gasteiger charge is -2.08. The van der Waals surface area contributed by atoms with E-state index in [1.165, 1.54) is 0 Å². The van der Waals surface area contributed by atoms with E-state index in [0.717, 1.165) is 18.4 Å². The Morgan fingerprint density at radius 2 is 2.25 bits per heavy atom. The number of hydrogen-bond donors (Lipinski definition) is 1. The van der Waals surface area contributed by atoms with E-state index in [-0.39, 0.29) is 6.10 Å². The highest BCUT2D eigenvalue weighted by Gasteiger charge is 2.05. The number of aliphatic hydroxyl groups is 1. The lowest BCUT2D eigenvalue weighted by Crippen LogP contribution is -1.95. The second-order valence-electron chi connectivity index (χ2n) is 2.86. The van der Waals surface area contributed by atoms with Crippen LogP contribution in [-0.2, 0) is 0 Å². The van der Waals surface area contributed by atoms with Gasteiger partial charge in [0.15, 0.2) is 0 Å². The van der Waals surface area contributed by atoms with Crippen LogP contribution in [0.1, 0.15) is 31.4 Å². The highest BCUT2D eigenvalue weighted by atomic mass is 35.5. The van der Waals surface area contributed by atoms with Crippen LogP contribution in [0.15, 0.2) is 24.3 Å². The third-order valence-electron chi connectivity index (χ3n) is 1.80. The molecule has 0 heterocycles. The van der Waals surface area contributed by atoms with Crippen molar-refractivity contribution in [2.45, 2.75) is 25.9 Å². The first-order chi connectivity index (χ1) is 5.74. The lowest BCUT2D eigenvalue weighted by atomic mass is 10.1. The van der Waals surface area contributed by atoms with Gasteiger partial charge in [0.2, 0.25) is 0 Å². The maximum Gasteiger partial charge on any atom is 0.0790 e. The van der Waals surface area contributed by atoms with Crippen molar-refractivity contribution in [3.05, 3.63) is 34.9 Å². The molecule has 2 heteroatoms. The second-order valence-corrected chi connectivity index (χ2v) is 3.30. The second kappa shape index (κ2) is 4.48. The number of benzene rings is 1. The maximum atomic E-state index is 9.59.